The Hall–Kier alpha value is -3.24. The zero-order chi connectivity index (χ0) is 20.1. The smallest absolute Gasteiger partial charge is 0.239 e. The number of halogens is 2. The monoisotopic (exact) mass is 405 g/mol. The largest absolute Gasteiger partial charge is 0.394 e. The third kappa shape index (κ3) is 4.72. The zero-order valence-electron chi connectivity index (χ0n) is 14.5. The van der Waals surface area contributed by atoms with Gasteiger partial charge in [-0.15, -0.1) is 0 Å². The number of anilines is 3. The SMILES string of the molecule is NC(=O)Cn1cc(Nc2ncc(Cl)c(N[C@H](CO)c3ccccc3F)n2)cn1. The second-order valence-electron chi connectivity index (χ2n) is 5.81. The van der Waals surface area contributed by atoms with Gasteiger partial charge in [0.1, 0.15) is 17.4 Å². The van der Waals surface area contributed by atoms with Crippen LogP contribution in [0.4, 0.5) is 21.8 Å². The fourth-order valence-electron chi connectivity index (χ4n) is 2.48. The lowest BCUT2D eigenvalue weighted by Crippen LogP contribution is -2.18. The van der Waals surface area contributed by atoms with E-state index in [0.717, 1.165) is 0 Å². The van der Waals surface area contributed by atoms with Crippen LogP contribution < -0.4 is 16.4 Å². The number of amides is 1. The second kappa shape index (κ2) is 8.63. The van der Waals surface area contributed by atoms with Crippen molar-refractivity contribution in [2.45, 2.75) is 12.6 Å². The molecular formula is C17H17ClFN7O2. The molecule has 11 heteroatoms. The van der Waals surface area contributed by atoms with Gasteiger partial charge in [0.05, 0.1) is 30.7 Å². The minimum atomic E-state index is -0.750. The molecule has 5 N–H and O–H groups in total. The third-order valence-electron chi connectivity index (χ3n) is 3.73. The first-order valence-electron chi connectivity index (χ1n) is 8.18. The Morgan fingerprint density at radius 2 is 2.14 bits per heavy atom. The van der Waals surface area contributed by atoms with Crippen LogP contribution in [0.15, 0.2) is 42.9 Å². The summed E-state index contributed by atoms with van der Waals surface area (Å²) in [4.78, 5) is 19.3. The molecule has 0 aliphatic carbocycles. The zero-order valence-corrected chi connectivity index (χ0v) is 15.3. The molecule has 0 saturated carbocycles. The van der Waals surface area contributed by atoms with Gasteiger partial charge in [-0.3, -0.25) is 9.48 Å². The van der Waals surface area contributed by atoms with E-state index in [1.165, 1.54) is 23.1 Å². The molecule has 2 heterocycles. The highest BCUT2D eigenvalue weighted by Crippen LogP contribution is 2.26. The molecule has 0 bridgehead atoms. The molecule has 3 rings (SSSR count). The average Bonchev–Trinajstić information content (AvgIpc) is 3.09. The van der Waals surface area contributed by atoms with Crippen LogP contribution in [0.1, 0.15) is 11.6 Å². The van der Waals surface area contributed by atoms with Crippen LogP contribution in [0.3, 0.4) is 0 Å². The first-order chi connectivity index (χ1) is 13.5. The van der Waals surface area contributed by atoms with Gasteiger partial charge < -0.3 is 21.5 Å². The molecule has 2 aromatic heterocycles. The Kier molecular flexibility index (Phi) is 6.02. The highest BCUT2D eigenvalue weighted by Gasteiger charge is 2.17. The average molecular weight is 406 g/mol. The number of aliphatic hydroxyl groups is 1. The van der Waals surface area contributed by atoms with Crippen molar-refractivity contribution in [2.24, 2.45) is 5.73 Å². The molecule has 0 spiro atoms. The van der Waals surface area contributed by atoms with Gasteiger partial charge in [0.2, 0.25) is 11.9 Å². The van der Waals surface area contributed by atoms with E-state index in [9.17, 15) is 14.3 Å². The Labute approximate surface area is 164 Å². The van der Waals surface area contributed by atoms with E-state index in [1.807, 2.05) is 0 Å². The van der Waals surface area contributed by atoms with E-state index in [0.29, 0.717) is 5.69 Å². The van der Waals surface area contributed by atoms with Crippen LogP contribution in [0.5, 0.6) is 0 Å². The first kappa shape index (κ1) is 19.5. The number of carbonyl (C=O) groups is 1. The molecule has 3 aromatic rings. The Balaban J connectivity index is 1.78. The number of carbonyl (C=O) groups excluding carboxylic acids is 1. The standard InChI is InChI=1S/C17H17ClFN7O2/c18-12-6-21-17(23-10-5-22-26(7-10)8-15(20)28)25-16(12)24-14(9-27)11-3-1-2-4-13(11)19/h1-7,14,27H,8-9H2,(H2,20,28)(H2,21,23,24,25)/t14-/m1/s1. The number of nitrogens with one attached hydrogen (secondary N) is 2. The second-order valence-corrected chi connectivity index (χ2v) is 6.22. The summed E-state index contributed by atoms with van der Waals surface area (Å²) >= 11 is 6.13. The number of hydrogen-bond acceptors (Lipinski definition) is 7. The summed E-state index contributed by atoms with van der Waals surface area (Å²) in [6.45, 7) is -0.430. The minimum Gasteiger partial charge on any atom is -0.394 e. The molecular weight excluding hydrogens is 389 g/mol. The number of benzene rings is 1. The van der Waals surface area contributed by atoms with Crippen LogP contribution in [0.25, 0.3) is 0 Å². The van der Waals surface area contributed by atoms with Crippen LogP contribution in [0.2, 0.25) is 5.02 Å². The van der Waals surface area contributed by atoms with Gasteiger partial charge in [-0.1, -0.05) is 29.8 Å². The van der Waals surface area contributed by atoms with E-state index in [-0.39, 0.29) is 35.5 Å². The first-order valence-corrected chi connectivity index (χ1v) is 8.56. The van der Waals surface area contributed by atoms with E-state index < -0.39 is 17.8 Å². The molecule has 0 aliphatic heterocycles. The lowest BCUT2D eigenvalue weighted by atomic mass is 10.1. The van der Waals surface area contributed by atoms with Crippen LogP contribution in [-0.4, -0.2) is 37.4 Å². The van der Waals surface area contributed by atoms with Crippen molar-refractivity contribution in [3.63, 3.8) is 0 Å². The number of aliphatic hydroxyl groups excluding tert-OH is 1. The molecule has 0 fully saturated rings. The molecule has 1 aromatic carbocycles. The molecule has 0 unspecified atom stereocenters. The van der Waals surface area contributed by atoms with E-state index >= 15 is 0 Å². The predicted molar refractivity (Wildman–Crippen MR) is 102 cm³/mol. The number of nitrogens with two attached hydrogens (primary N) is 1. The molecule has 0 radical (unpaired) electrons. The van der Waals surface area contributed by atoms with Crippen molar-refractivity contribution < 1.29 is 14.3 Å². The summed E-state index contributed by atoms with van der Waals surface area (Å²) < 4.78 is 15.4. The summed E-state index contributed by atoms with van der Waals surface area (Å²) in [6.07, 6.45) is 4.40. The topological polar surface area (TPSA) is 131 Å². The summed E-state index contributed by atoms with van der Waals surface area (Å²) in [7, 11) is 0. The van der Waals surface area contributed by atoms with Gasteiger partial charge in [-0.2, -0.15) is 10.1 Å². The highest BCUT2D eigenvalue weighted by atomic mass is 35.5. The summed E-state index contributed by atoms with van der Waals surface area (Å²) in [5.74, 6) is -0.576. The van der Waals surface area contributed by atoms with Crippen LogP contribution >= 0.6 is 11.6 Å². The number of primary amides is 1. The number of rotatable bonds is 8. The van der Waals surface area contributed by atoms with Crippen molar-refractivity contribution in [2.75, 3.05) is 17.2 Å². The minimum absolute atomic E-state index is 0.0587. The van der Waals surface area contributed by atoms with Crippen molar-refractivity contribution in [1.82, 2.24) is 19.7 Å². The lowest BCUT2D eigenvalue weighted by Gasteiger charge is -2.19. The van der Waals surface area contributed by atoms with Gasteiger partial charge in [0, 0.05) is 11.8 Å². The lowest BCUT2D eigenvalue weighted by molar-refractivity contribution is -0.118. The summed E-state index contributed by atoms with van der Waals surface area (Å²) in [5, 5.41) is 19.7. The maximum atomic E-state index is 14.0. The van der Waals surface area contributed by atoms with Crippen molar-refractivity contribution in [3.8, 4) is 0 Å². The van der Waals surface area contributed by atoms with Crippen molar-refractivity contribution in [3.05, 3.63) is 59.3 Å². The van der Waals surface area contributed by atoms with Crippen LogP contribution in [-0.2, 0) is 11.3 Å². The van der Waals surface area contributed by atoms with Gasteiger partial charge in [0.25, 0.3) is 0 Å². The number of hydrogen-bond donors (Lipinski definition) is 4. The molecule has 1 amide bonds. The van der Waals surface area contributed by atoms with Crippen molar-refractivity contribution >= 4 is 35.0 Å². The van der Waals surface area contributed by atoms with Crippen molar-refractivity contribution in [1.29, 1.82) is 0 Å². The maximum absolute atomic E-state index is 14.0. The number of aromatic nitrogens is 4. The van der Waals surface area contributed by atoms with Gasteiger partial charge in [-0.05, 0) is 6.07 Å². The fourth-order valence-corrected chi connectivity index (χ4v) is 2.62. The Morgan fingerprint density at radius 3 is 2.86 bits per heavy atom. The predicted octanol–water partition coefficient (Wildman–Crippen LogP) is 1.84. The van der Waals surface area contributed by atoms with E-state index in [4.69, 9.17) is 17.3 Å². The quantitative estimate of drug-likeness (QED) is 0.449. The molecule has 0 saturated heterocycles. The highest BCUT2D eigenvalue weighted by molar-refractivity contribution is 6.32. The third-order valence-corrected chi connectivity index (χ3v) is 4.00. The molecule has 0 aliphatic rings. The molecule has 9 nitrogen and oxygen atoms in total. The number of nitrogens with zero attached hydrogens (tertiary/aromatic N) is 4. The van der Waals surface area contributed by atoms with E-state index in [2.05, 4.69) is 25.7 Å². The van der Waals surface area contributed by atoms with E-state index in [1.54, 1.807) is 24.4 Å². The summed E-state index contributed by atoms with van der Waals surface area (Å²) in [6, 6.07) is 5.34. The van der Waals surface area contributed by atoms with Gasteiger partial charge in [-0.25, -0.2) is 9.37 Å². The fraction of sp³-hybridized carbons (Fsp3) is 0.176. The summed E-state index contributed by atoms with van der Waals surface area (Å²) in [5.41, 5.74) is 5.94. The van der Waals surface area contributed by atoms with Gasteiger partial charge in [0.15, 0.2) is 5.82 Å². The van der Waals surface area contributed by atoms with Gasteiger partial charge >= 0.3 is 0 Å². The maximum Gasteiger partial charge on any atom is 0.239 e. The van der Waals surface area contributed by atoms with Crippen LogP contribution in [0, 0.1) is 5.82 Å². The Morgan fingerprint density at radius 1 is 1.36 bits per heavy atom. The molecule has 146 valence electrons. The Bertz CT molecular complexity index is 982. The normalized spacial score (nSPS) is 11.8. The molecule has 28 heavy (non-hydrogen) atoms. The molecule has 1 atom stereocenters.